The number of nitrogens with zero attached hydrogens (tertiary/aromatic N) is 1. The zero-order valence-corrected chi connectivity index (χ0v) is 20.5. The maximum Gasteiger partial charge on any atom is 0.328 e. The highest BCUT2D eigenvalue weighted by atomic mass is 19.3. The Morgan fingerprint density at radius 2 is 1.68 bits per heavy atom. The summed E-state index contributed by atoms with van der Waals surface area (Å²) in [6.07, 6.45) is -0.259. The Hall–Kier alpha value is -4.73. The van der Waals surface area contributed by atoms with E-state index < -0.39 is 35.7 Å². The minimum absolute atomic E-state index is 0.0260. The van der Waals surface area contributed by atoms with Crippen LogP contribution in [0.15, 0.2) is 72.8 Å². The molecule has 3 aromatic rings. The summed E-state index contributed by atoms with van der Waals surface area (Å²) in [5.74, 6) is -5.28. The van der Waals surface area contributed by atoms with Gasteiger partial charge >= 0.3 is 5.97 Å². The number of amides is 2. The van der Waals surface area contributed by atoms with Gasteiger partial charge in [-0.25, -0.2) is 13.6 Å². The second-order valence-electron chi connectivity index (χ2n) is 8.40. The number of carbonyl (C=O) groups excluding carboxylic acids is 2. The van der Waals surface area contributed by atoms with Crippen molar-refractivity contribution in [2.24, 2.45) is 0 Å². The van der Waals surface area contributed by atoms with Crippen LogP contribution in [-0.2, 0) is 4.79 Å². The number of hydrogen-bond donors (Lipinski definition) is 2. The molecule has 0 radical (unpaired) electrons. The summed E-state index contributed by atoms with van der Waals surface area (Å²) in [6, 6.07) is 16.8. The van der Waals surface area contributed by atoms with Crippen LogP contribution in [-0.4, -0.2) is 49.6 Å². The first-order valence-electron chi connectivity index (χ1n) is 11.5. The molecule has 4 rings (SSSR count). The maximum atomic E-state index is 14.9. The number of benzene rings is 3. The highest BCUT2D eigenvalue weighted by molar-refractivity contribution is 6.10. The molecule has 0 fully saturated rings. The fourth-order valence-corrected chi connectivity index (χ4v) is 4.28. The number of carboxylic acid groups (broad SMARTS) is 1. The molecule has 8 nitrogen and oxygen atoms in total. The van der Waals surface area contributed by atoms with E-state index in [1.165, 1.54) is 61.6 Å². The number of fused-ring (bicyclic) bond motifs is 1. The largest absolute Gasteiger partial charge is 0.493 e. The summed E-state index contributed by atoms with van der Waals surface area (Å²) in [5.41, 5.74) is 0.351. The van der Waals surface area contributed by atoms with E-state index in [9.17, 15) is 23.2 Å². The number of para-hydroxylation sites is 2. The van der Waals surface area contributed by atoms with Gasteiger partial charge in [0.2, 0.25) is 0 Å². The van der Waals surface area contributed by atoms with E-state index in [1.807, 2.05) is 0 Å². The molecule has 0 saturated heterocycles. The molecule has 2 amide bonds. The Bertz CT molecular complexity index is 1420. The average molecular weight is 523 g/mol. The molecule has 0 spiro atoms. The van der Waals surface area contributed by atoms with Gasteiger partial charge in [-0.1, -0.05) is 24.3 Å². The molecule has 0 bridgehead atoms. The molecule has 0 unspecified atom stereocenters. The first-order valence-corrected chi connectivity index (χ1v) is 11.5. The number of aliphatic carboxylic acids is 1. The van der Waals surface area contributed by atoms with Crippen molar-refractivity contribution in [1.82, 2.24) is 0 Å². The molecule has 0 atom stereocenters. The van der Waals surface area contributed by atoms with Gasteiger partial charge in [0.05, 0.1) is 25.5 Å². The molecule has 0 aliphatic carbocycles. The fraction of sp³-hybridized carbons (Fsp3) is 0.179. The van der Waals surface area contributed by atoms with Gasteiger partial charge in [0, 0.05) is 41.4 Å². The molecule has 0 saturated carbocycles. The van der Waals surface area contributed by atoms with Gasteiger partial charge in [-0.05, 0) is 42.5 Å². The lowest BCUT2D eigenvalue weighted by molar-refractivity contribution is -0.131. The van der Waals surface area contributed by atoms with E-state index >= 15 is 0 Å². The SMILES string of the molecule is COc1cccc(C(=O)Nc2ccc(C(=O)N3CCC(F)(F)C(=CC(=O)O)c4ccccc43)cc2)c1OC. The van der Waals surface area contributed by atoms with Crippen molar-refractivity contribution in [3.05, 3.63) is 89.5 Å². The lowest BCUT2D eigenvalue weighted by Crippen LogP contribution is -2.33. The number of rotatable bonds is 6. The van der Waals surface area contributed by atoms with Crippen molar-refractivity contribution >= 4 is 34.7 Å². The van der Waals surface area contributed by atoms with E-state index in [4.69, 9.17) is 14.6 Å². The molecule has 10 heteroatoms. The number of carbonyl (C=O) groups is 3. The third kappa shape index (κ3) is 5.19. The lowest BCUT2D eigenvalue weighted by atomic mass is 9.97. The van der Waals surface area contributed by atoms with Crippen molar-refractivity contribution in [2.75, 3.05) is 31.0 Å². The van der Waals surface area contributed by atoms with Crippen LogP contribution in [0.25, 0.3) is 5.57 Å². The van der Waals surface area contributed by atoms with Gasteiger partial charge in [-0.3, -0.25) is 9.59 Å². The van der Waals surface area contributed by atoms with Crippen LogP contribution in [0.2, 0.25) is 0 Å². The molecule has 1 aliphatic heterocycles. The minimum Gasteiger partial charge on any atom is -0.493 e. The summed E-state index contributed by atoms with van der Waals surface area (Å²) in [6.45, 7) is -0.325. The molecule has 0 aromatic heterocycles. The van der Waals surface area contributed by atoms with Crippen LogP contribution in [0.4, 0.5) is 20.2 Å². The number of carboxylic acids is 1. The molecule has 196 valence electrons. The maximum absolute atomic E-state index is 14.9. The Labute approximate surface area is 217 Å². The number of nitrogens with one attached hydrogen (secondary N) is 1. The summed E-state index contributed by atoms with van der Waals surface area (Å²) >= 11 is 0. The van der Waals surface area contributed by atoms with Crippen molar-refractivity contribution in [3.8, 4) is 11.5 Å². The summed E-state index contributed by atoms with van der Waals surface area (Å²) in [7, 11) is 2.88. The van der Waals surface area contributed by atoms with Crippen molar-refractivity contribution in [2.45, 2.75) is 12.3 Å². The third-order valence-corrected chi connectivity index (χ3v) is 6.08. The standard InChI is InChI=1S/C28H24F2N2O6/c1-37-23-9-5-7-20(25(23)38-2)26(35)31-18-12-10-17(11-13-18)27(36)32-15-14-28(29,30)21(16-24(33)34)19-6-3-4-8-22(19)32/h3-13,16H,14-15H2,1-2H3,(H,31,35)(H,33,34). The van der Waals surface area contributed by atoms with Gasteiger partial charge in [-0.15, -0.1) is 0 Å². The molecular formula is C28H24F2N2O6. The molecule has 2 N–H and O–H groups in total. The molecular weight excluding hydrogens is 498 g/mol. The van der Waals surface area contributed by atoms with Gasteiger partial charge in [-0.2, -0.15) is 0 Å². The number of alkyl halides is 2. The first-order chi connectivity index (χ1) is 18.2. The van der Waals surface area contributed by atoms with E-state index in [2.05, 4.69) is 5.32 Å². The van der Waals surface area contributed by atoms with E-state index in [0.29, 0.717) is 17.5 Å². The van der Waals surface area contributed by atoms with Crippen molar-refractivity contribution in [1.29, 1.82) is 0 Å². The second-order valence-corrected chi connectivity index (χ2v) is 8.40. The third-order valence-electron chi connectivity index (χ3n) is 6.08. The number of halogens is 2. The average Bonchev–Trinajstić information content (AvgIpc) is 3.01. The number of anilines is 2. The lowest BCUT2D eigenvalue weighted by Gasteiger charge is -2.23. The van der Waals surface area contributed by atoms with Crippen molar-refractivity contribution < 1.29 is 37.7 Å². The predicted molar refractivity (Wildman–Crippen MR) is 137 cm³/mol. The molecule has 38 heavy (non-hydrogen) atoms. The molecule has 1 heterocycles. The van der Waals surface area contributed by atoms with Crippen LogP contribution in [0.3, 0.4) is 0 Å². The Morgan fingerprint density at radius 3 is 2.34 bits per heavy atom. The fourth-order valence-electron chi connectivity index (χ4n) is 4.28. The van der Waals surface area contributed by atoms with Gasteiger partial charge in [0.25, 0.3) is 17.7 Å². The highest BCUT2D eigenvalue weighted by Crippen LogP contribution is 2.43. The highest BCUT2D eigenvalue weighted by Gasteiger charge is 2.41. The summed E-state index contributed by atoms with van der Waals surface area (Å²) < 4.78 is 40.3. The van der Waals surface area contributed by atoms with Crippen molar-refractivity contribution in [3.63, 3.8) is 0 Å². The number of methoxy groups -OCH3 is 2. The molecule has 1 aliphatic rings. The number of ether oxygens (including phenoxy) is 2. The smallest absolute Gasteiger partial charge is 0.328 e. The van der Waals surface area contributed by atoms with Crippen LogP contribution >= 0.6 is 0 Å². The predicted octanol–water partition coefficient (Wildman–Crippen LogP) is 5.11. The van der Waals surface area contributed by atoms with E-state index in [-0.39, 0.29) is 34.7 Å². The minimum atomic E-state index is -3.45. The van der Waals surface area contributed by atoms with E-state index in [1.54, 1.807) is 24.3 Å². The zero-order chi connectivity index (χ0) is 27.4. The van der Waals surface area contributed by atoms with E-state index in [0.717, 1.165) is 0 Å². The number of hydrogen-bond acceptors (Lipinski definition) is 5. The van der Waals surface area contributed by atoms with Crippen LogP contribution in [0.1, 0.15) is 32.7 Å². The first kappa shape index (κ1) is 26.3. The van der Waals surface area contributed by atoms with Crippen LogP contribution < -0.4 is 19.7 Å². The molecule has 3 aromatic carbocycles. The second kappa shape index (κ2) is 10.7. The zero-order valence-electron chi connectivity index (χ0n) is 20.5. The van der Waals surface area contributed by atoms with Crippen LogP contribution in [0, 0.1) is 0 Å². The topological polar surface area (TPSA) is 105 Å². The normalized spacial score (nSPS) is 15.3. The number of allylic oxidation sites excluding steroid dienone is 1. The quantitative estimate of drug-likeness (QED) is 0.436. The van der Waals surface area contributed by atoms with Gasteiger partial charge in [0.1, 0.15) is 0 Å². The van der Waals surface area contributed by atoms with Crippen LogP contribution in [0.5, 0.6) is 11.5 Å². The summed E-state index contributed by atoms with van der Waals surface area (Å²) in [5, 5.41) is 11.9. The van der Waals surface area contributed by atoms with Gasteiger partial charge in [0.15, 0.2) is 11.5 Å². The van der Waals surface area contributed by atoms with Gasteiger partial charge < -0.3 is 24.8 Å². The Morgan fingerprint density at radius 1 is 0.974 bits per heavy atom. The Kier molecular flexibility index (Phi) is 7.43. The monoisotopic (exact) mass is 522 g/mol. The summed E-state index contributed by atoms with van der Waals surface area (Å²) in [4.78, 5) is 38.7. The Balaban J connectivity index is 1.60.